The number of primary amides is 1. The molecular formula is C47H81N13O14. The molecule has 1 aromatic heterocycles. The van der Waals surface area contributed by atoms with Crippen LogP contribution in [-0.4, -0.2) is 158 Å². The van der Waals surface area contributed by atoms with Gasteiger partial charge in [-0.25, -0.2) is 9.78 Å². The lowest BCUT2D eigenvalue weighted by Gasteiger charge is -2.31. The number of amides is 9. The van der Waals surface area contributed by atoms with Crippen LogP contribution in [0.25, 0.3) is 0 Å². The van der Waals surface area contributed by atoms with Gasteiger partial charge < -0.3 is 80.0 Å². The van der Waals surface area contributed by atoms with Crippen molar-refractivity contribution in [1.29, 1.82) is 0 Å². The molecule has 0 aliphatic rings. The topological polar surface area (TPSA) is 451 Å². The van der Waals surface area contributed by atoms with Crippen LogP contribution in [-0.2, 0) is 59.2 Å². The molecule has 74 heavy (non-hydrogen) atoms. The summed E-state index contributed by atoms with van der Waals surface area (Å²) in [5.41, 5.74) is 17.4. The fourth-order valence-corrected chi connectivity index (χ4v) is 7.38. The van der Waals surface area contributed by atoms with Crippen molar-refractivity contribution in [2.45, 2.75) is 174 Å². The van der Waals surface area contributed by atoms with Crippen molar-refractivity contribution in [3.8, 4) is 0 Å². The van der Waals surface area contributed by atoms with Crippen LogP contribution >= 0.6 is 0 Å². The number of rotatable bonds is 36. The van der Waals surface area contributed by atoms with Crippen molar-refractivity contribution >= 4 is 65.1 Å². The summed E-state index contributed by atoms with van der Waals surface area (Å²) in [5, 5.41) is 48.3. The van der Waals surface area contributed by atoms with E-state index in [1.807, 2.05) is 0 Å². The largest absolute Gasteiger partial charge is 0.481 e. The number of aromatic amines is 1. The molecule has 0 saturated carbocycles. The molecule has 1 heterocycles. The summed E-state index contributed by atoms with van der Waals surface area (Å²) in [6.07, 6.45) is 2.65. The van der Waals surface area contributed by atoms with Gasteiger partial charge in [0.2, 0.25) is 53.2 Å². The first-order valence-corrected chi connectivity index (χ1v) is 24.9. The number of aliphatic carboxylic acids is 2. The minimum Gasteiger partial charge on any atom is -0.481 e. The number of nitrogens with two attached hydrogens (primary N) is 3. The third-order valence-corrected chi connectivity index (χ3v) is 12.0. The Morgan fingerprint density at radius 2 is 1.00 bits per heavy atom. The van der Waals surface area contributed by atoms with E-state index in [9.17, 15) is 68.1 Å². The minimum absolute atomic E-state index is 0.0657. The maximum absolute atomic E-state index is 14.1. The number of aromatic nitrogens is 2. The zero-order valence-corrected chi connectivity index (χ0v) is 43.7. The van der Waals surface area contributed by atoms with Crippen molar-refractivity contribution in [3.05, 3.63) is 18.2 Å². The number of aliphatic hydroxyl groups is 1. The SMILES string of the molecule is CC[C@H](C)[C@H](NC(=O)[C@H](CC(C)C)NC(=O)[C@H](CC(N)=O)NC(=O)[C@H](CC(=O)O)NC(=O)[C@H](Cc1cnc[nH]1)NC(=O)[C@H](CC(C)C)NC(=O)[C@@H](N)CCCCN)C(=O)N[C@H](C(=O)N[C@@H](CO)C(=O)O)[C@@H](C)CC. The highest BCUT2D eigenvalue weighted by Gasteiger charge is 2.38. The Labute approximate surface area is 430 Å². The molecule has 0 aliphatic carbocycles. The third kappa shape index (κ3) is 23.4. The van der Waals surface area contributed by atoms with Crippen LogP contribution in [0.5, 0.6) is 0 Å². The number of aliphatic hydroxyl groups excluding tert-OH is 1. The molecule has 27 nitrogen and oxygen atoms in total. The Bertz CT molecular complexity index is 2040. The summed E-state index contributed by atoms with van der Waals surface area (Å²) in [7, 11) is 0. The summed E-state index contributed by atoms with van der Waals surface area (Å²) in [6, 6.07) is -13.2. The highest BCUT2D eigenvalue weighted by atomic mass is 16.4. The van der Waals surface area contributed by atoms with E-state index in [4.69, 9.17) is 17.2 Å². The van der Waals surface area contributed by atoms with Gasteiger partial charge in [-0.1, -0.05) is 74.7 Å². The lowest BCUT2D eigenvalue weighted by Crippen LogP contribution is -2.62. The van der Waals surface area contributed by atoms with Crippen LogP contribution < -0.4 is 59.7 Å². The van der Waals surface area contributed by atoms with Crippen LogP contribution in [0.15, 0.2) is 12.5 Å². The average Bonchev–Trinajstić information content (AvgIpc) is 3.84. The summed E-state index contributed by atoms with van der Waals surface area (Å²) in [6.45, 7) is 13.2. The zero-order valence-electron chi connectivity index (χ0n) is 43.7. The molecule has 27 heteroatoms. The molecule has 11 atom stereocenters. The normalized spacial score (nSPS) is 15.7. The van der Waals surface area contributed by atoms with Gasteiger partial charge in [0, 0.05) is 18.3 Å². The lowest BCUT2D eigenvalue weighted by molar-refractivity contribution is -0.144. The average molecular weight is 1050 g/mol. The highest BCUT2D eigenvalue weighted by molar-refractivity contribution is 6.00. The van der Waals surface area contributed by atoms with E-state index < -0.39 is 151 Å². The summed E-state index contributed by atoms with van der Waals surface area (Å²) in [5.74, 6) is -13.3. The highest BCUT2D eigenvalue weighted by Crippen LogP contribution is 2.15. The second-order valence-corrected chi connectivity index (χ2v) is 19.3. The van der Waals surface area contributed by atoms with E-state index in [0.29, 0.717) is 44.3 Å². The van der Waals surface area contributed by atoms with E-state index >= 15 is 0 Å². The molecule has 18 N–H and O–H groups in total. The van der Waals surface area contributed by atoms with Gasteiger partial charge in [0.15, 0.2) is 0 Å². The first kappa shape index (κ1) is 65.3. The number of carboxylic acids is 2. The molecule has 0 bridgehead atoms. The van der Waals surface area contributed by atoms with E-state index in [-0.39, 0.29) is 31.1 Å². The first-order valence-electron chi connectivity index (χ1n) is 24.9. The van der Waals surface area contributed by atoms with Gasteiger partial charge in [0.25, 0.3) is 0 Å². The zero-order chi connectivity index (χ0) is 56.4. The van der Waals surface area contributed by atoms with Crippen molar-refractivity contribution < 1.29 is 68.1 Å². The molecule has 1 aromatic rings. The number of imidazole rings is 1. The van der Waals surface area contributed by atoms with Crippen molar-refractivity contribution in [1.82, 2.24) is 52.5 Å². The van der Waals surface area contributed by atoms with Crippen molar-refractivity contribution in [3.63, 3.8) is 0 Å². The van der Waals surface area contributed by atoms with E-state index in [2.05, 4.69) is 52.5 Å². The Kier molecular flexibility index (Phi) is 29.2. The number of nitrogens with zero attached hydrogens (tertiary/aromatic N) is 1. The van der Waals surface area contributed by atoms with Gasteiger partial charge >= 0.3 is 11.9 Å². The van der Waals surface area contributed by atoms with Gasteiger partial charge in [0.1, 0.15) is 48.3 Å². The molecule has 0 aliphatic heterocycles. The van der Waals surface area contributed by atoms with Gasteiger partial charge in [-0.2, -0.15) is 0 Å². The molecule has 1 rings (SSSR count). The number of unbranched alkanes of at least 4 members (excludes halogenated alkanes) is 1. The molecule has 418 valence electrons. The number of hydrogen-bond donors (Lipinski definition) is 15. The molecule has 9 amide bonds. The molecule has 0 unspecified atom stereocenters. The van der Waals surface area contributed by atoms with E-state index in [1.54, 1.807) is 55.4 Å². The second-order valence-electron chi connectivity index (χ2n) is 19.3. The number of H-pyrrole nitrogens is 1. The molecule has 0 spiro atoms. The molecule has 0 aromatic carbocycles. The maximum Gasteiger partial charge on any atom is 0.328 e. The van der Waals surface area contributed by atoms with Crippen molar-refractivity contribution in [2.24, 2.45) is 40.9 Å². The Morgan fingerprint density at radius 1 is 0.581 bits per heavy atom. The summed E-state index contributed by atoms with van der Waals surface area (Å²) < 4.78 is 0. The smallest absolute Gasteiger partial charge is 0.328 e. The van der Waals surface area contributed by atoms with Crippen LogP contribution in [0.4, 0.5) is 0 Å². The number of carbonyl (C=O) groups excluding carboxylic acids is 9. The first-order chi connectivity index (χ1) is 34.7. The minimum atomic E-state index is -1.95. The predicted octanol–water partition coefficient (Wildman–Crippen LogP) is -3.10. The Morgan fingerprint density at radius 3 is 1.43 bits per heavy atom. The second kappa shape index (κ2) is 33.2. The van der Waals surface area contributed by atoms with Crippen LogP contribution in [0.1, 0.15) is 119 Å². The fraction of sp³-hybridized carbons (Fsp3) is 0.702. The number of nitrogens with one attached hydrogen (secondary N) is 9. The number of hydrogen-bond acceptors (Lipinski definition) is 15. The molecule has 0 saturated heterocycles. The van der Waals surface area contributed by atoms with Gasteiger partial charge in [0.05, 0.1) is 31.8 Å². The number of carbonyl (C=O) groups is 11. The summed E-state index contributed by atoms with van der Waals surface area (Å²) in [4.78, 5) is 153. The fourth-order valence-electron chi connectivity index (χ4n) is 7.38. The van der Waals surface area contributed by atoms with Gasteiger partial charge in [-0.15, -0.1) is 0 Å². The monoisotopic (exact) mass is 1050 g/mol. The van der Waals surface area contributed by atoms with Crippen LogP contribution in [0, 0.1) is 23.7 Å². The quantitative estimate of drug-likeness (QED) is 0.0296. The Hall–Kier alpha value is -6.74. The third-order valence-electron chi connectivity index (χ3n) is 12.0. The maximum atomic E-state index is 14.1. The number of carboxylic acid groups (broad SMARTS) is 2. The van der Waals surface area contributed by atoms with E-state index in [0.717, 1.165) is 0 Å². The van der Waals surface area contributed by atoms with Crippen molar-refractivity contribution in [2.75, 3.05) is 13.2 Å². The van der Waals surface area contributed by atoms with Gasteiger partial charge in [-0.05, 0) is 55.9 Å². The standard InChI is InChI=1S/C47H81N13O14/c1-9-25(7)37(45(71)58-34(21-61)47(73)74)60-46(72)38(26(8)10-2)59-44(70)30(16-24(5)6)54-42(68)32(18-35(50)62)56-43(69)33(19-36(63)64)57-41(67)31(17-27-20-51-22-52-27)55-40(66)29(15-23(3)4)53-39(65)28(49)13-11-12-14-48/h20,22-26,28-34,37-38,61H,9-19,21,48-49H2,1-8H3,(H2,50,62)(H,51,52)(H,53,65)(H,54,68)(H,55,66)(H,56,69)(H,57,67)(H,58,71)(H,59,70)(H,60,72)(H,63,64)(H,73,74)/t25-,26-,28-,29-,30-,31-,32-,33-,34-,37-,38-/m0/s1. The van der Waals surface area contributed by atoms with Gasteiger partial charge in [-0.3, -0.25) is 47.9 Å². The predicted molar refractivity (Wildman–Crippen MR) is 267 cm³/mol. The van der Waals surface area contributed by atoms with Crippen LogP contribution in [0.3, 0.4) is 0 Å². The molecular weight excluding hydrogens is 971 g/mol. The summed E-state index contributed by atoms with van der Waals surface area (Å²) >= 11 is 0. The Balaban J connectivity index is 3.51. The molecule has 0 radical (unpaired) electrons. The van der Waals surface area contributed by atoms with E-state index in [1.165, 1.54) is 12.5 Å². The lowest BCUT2D eigenvalue weighted by atomic mass is 9.94. The van der Waals surface area contributed by atoms with Crippen LogP contribution in [0.2, 0.25) is 0 Å². The molecule has 0 fully saturated rings.